The van der Waals surface area contributed by atoms with E-state index in [9.17, 15) is 14.3 Å². The Kier molecular flexibility index (Phi) is 7.77. The zero-order chi connectivity index (χ0) is 31.2. The molecule has 44 heavy (non-hydrogen) atoms. The number of hydrogen-bond donors (Lipinski definition) is 1. The second-order valence-corrected chi connectivity index (χ2v) is 11.7. The summed E-state index contributed by atoms with van der Waals surface area (Å²) in [5.74, 6) is -2.58. The number of rotatable bonds is 8. The quantitative estimate of drug-likeness (QED) is 0.198. The number of ether oxygens (including phenoxy) is 2. The third-order valence-corrected chi connectivity index (χ3v) is 7.90. The van der Waals surface area contributed by atoms with Crippen LogP contribution >= 0.6 is 11.6 Å². The Morgan fingerprint density at radius 1 is 1.09 bits per heavy atom. The van der Waals surface area contributed by atoms with Crippen molar-refractivity contribution in [3.05, 3.63) is 106 Å². The maximum Gasteiger partial charge on any atom is 0.335 e. The van der Waals surface area contributed by atoms with Gasteiger partial charge in [0.05, 0.1) is 46.6 Å². The van der Waals surface area contributed by atoms with Crippen LogP contribution in [0.4, 0.5) is 13.2 Å². The summed E-state index contributed by atoms with van der Waals surface area (Å²) in [4.78, 5) is 24.6. The van der Waals surface area contributed by atoms with E-state index in [1.165, 1.54) is 24.4 Å². The van der Waals surface area contributed by atoms with Gasteiger partial charge in [-0.05, 0) is 48.0 Å². The summed E-state index contributed by atoms with van der Waals surface area (Å²) in [5.41, 5.74) is 1.01. The molecule has 1 atom stereocenters. The molecule has 1 fully saturated rings. The SMILES string of the molecule is CC1(C)COC[C@@H]1n1c(Cc2cc(F)c(-c3cccc(OCc4ncc(Cl)cc4F)n3)cc2F)nc2ccc(C(=O)O)cc21. The number of carboxylic acid groups (broad SMARTS) is 1. The largest absolute Gasteiger partial charge is 0.478 e. The highest BCUT2D eigenvalue weighted by Gasteiger charge is 2.39. The van der Waals surface area contributed by atoms with Gasteiger partial charge in [0, 0.05) is 29.7 Å². The normalized spacial score (nSPS) is 16.0. The fourth-order valence-corrected chi connectivity index (χ4v) is 5.50. The molecule has 0 unspecified atom stereocenters. The number of benzene rings is 2. The van der Waals surface area contributed by atoms with Gasteiger partial charge in [-0.15, -0.1) is 0 Å². The van der Waals surface area contributed by atoms with E-state index in [1.54, 1.807) is 18.2 Å². The predicted octanol–water partition coefficient (Wildman–Crippen LogP) is 7.03. The lowest BCUT2D eigenvalue weighted by molar-refractivity contribution is 0.0697. The van der Waals surface area contributed by atoms with Crippen molar-refractivity contribution >= 4 is 28.6 Å². The van der Waals surface area contributed by atoms with Crippen LogP contribution in [-0.4, -0.2) is 43.8 Å². The Hall–Kier alpha value is -4.48. The van der Waals surface area contributed by atoms with Crippen LogP contribution in [0.15, 0.2) is 60.8 Å². The third kappa shape index (κ3) is 5.72. The van der Waals surface area contributed by atoms with Gasteiger partial charge in [0.15, 0.2) is 0 Å². The number of carboxylic acids is 1. The highest BCUT2D eigenvalue weighted by atomic mass is 35.5. The molecule has 0 bridgehead atoms. The minimum atomic E-state index is -1.08. The number of pyridine rings is 2. The molecule has 226 valence electrons. The summed E-state index contributed by atoms with van der Waals surface area (Å²) >= 11 is 5.74. The molecule has 3 aromatic heterocycles. The second-order valence-electron chi connectivity index (χ2n) is 11.3. The lowest BCUT2D eigenvalue weighted by Gasteiger charge is -2.28. The van der Waals surface area contributed by atoms with Gasteiger partial charge in [-0.2, -0.15) is 0 Å². The molecule has 4 heterocycles. The Morgan fingerprint density at radius 3 is 2.64 bits per heavy atom. The zero-order valence-corrected chi connectivity index (χ0v) is 24.4. The summed E-state index contributed by atoms with van der Waals surface area (Å²) in [5, 5.41) is 9.72. The zero-order valence-electron chi connectivity index (χ0n) is 23.7. The topological polar surface area (TPSA) is 99.4 Å². The van der Waals surface area contributed by atoms with Crippen LogP contribution in [0.5, 0.6) is 5.88 Å². The molecule has 1 saturated heterocycles. The molecule has 0 aliphatic carbocycles. The summed E-state index contributed by atoms with van der Waals surface area (Å²) in [7, 11) is 0. The average molecular weight is 623 g/mol. The van der Waals surface area contributed by atoms with Crippen LogP contribution < -0.4 is 4.74 Å². The second kappa shape index (κ2) is 11.5. The van der Waals surface area contributed by atoms with Gasteiger partial charge >= 0.3 is 5.97 Å². The maximum absolute atomic E-state index is 15.6. The van der Waals surface area contributed by atoms with Crippen LogP contribution in [0.3, 0.4) is 0 Å². The number of hydrogen-bond acceptors (Lipinski definition) is 6. The fraction of sp³-hybridized carbons (Fsp3) is 0.250. The van der Waals surface area contributed by atoms with Crippen molar-refractivity contribution in [2.75, 3.05) is 13.2 Å². The maximum atomic E-state index is 15.6. The van der Waals surface area contributed by atoms with E-state index in [0.29, 0.717) is 30.1 Å². The Balaban J connectivity index is 1.31. The van der Waals surface area contributed by atoms with Crippen molar-refractivity contribution in [1.29, 1.82) is 0 Å². The highest BCUT2D eigenvalue weighted by Crippen LogP contribution is 2.40. The third-order valence-electron chi connectivity index (χ3n) is 7.70. The molecule has 1 N–H and O–H groups in total. The lowest BCUT2D eigenvalue weighted by Crippen LogP contribution is -2.27. The van der Waals surface area contributed by atoms with Crippen molar-refractivity contribution < 1.29 is 32.5 Å². The standard InChI is InChI=1S/C32H26ClF3N4O4/c1-32(2)16-43-15-28(32)40-27-9-17(31(41)42)6-7-25(27)38-29(40)10-18-8-22(35)20(12-21(18)34)24-4-3-5-30(39-24)44-14-26-23(36)11-19(33)13-37-26/h3-9,11-13,28H,10,14-16H2,1-2H3,(H,41,42)/t28-/m0/s1. The molecule has 1 aliphatic heterocycles. The first kappa shape index (κ1) is 29.6. The molecule has 0 spiro atoms. The van der Waals surface area contributed by atoms with Crippen molar-refractivity contribution in [1.82, 2.24) is 19.5 Å². The Labute approximate surface area is 255 Å². The minimum Gasteiger partial charge on any atom is -0.478 e. The molecule has 1 aliphatic rings. The van der Waals surface area contributed by atoms with E-state index in [1.807, 2.05) is 18.4 Å². The molecule has 0 radical (unpaired) electrons. The number of fused-ring (bicyclic) bond motifs is 1. The van der Waals surface area contributed by atoms with Crippen molar-refractivity contribution in [2.24, 2.45) is 5.41 Å². The van der Waals surface area contributed by atoms with E-state index in [4.69, 9.17) is 26.1 Å². The van der Waals surface area contributed by atoms with Gasteiger partial charge < -0.3 is 19.1 Å². The van der Waals surface area contributed by atoms with Gasteiger partial charge in [-0.3, -0.25) is 4.98 Å². The van der Waals surface area contributed by atoms with Crippen LogP contribution in [0.2, 0.25) is 5.02 Å². The highest BCUT2D eigenvalue weighted by molar-refractivity contribution is 6.30. The summed E-state index contributed by atoms with van der Waals surface area (Å²) in [6.45, 7) is 4.66. The van der Waals surface area contributed by atoms with Gasteiger partial charge in [0.25, 0.3) is 0 Å². The summed E-state index contributed by atoms with van der Waals surface area (Å²) in [6.07, 6.45) is 1.24. The van der Waals surface area contributed by atoms with Gasteiger partial charge in [-0.1, -0.05) is 31.5 Å². The first-order chi connectivity index (χ1) is 21.0. The summed E-state index contributed by atoms with van der Waals surface area (Å²) < 4.78 is 58.4. The van der Waals surface area contributed by atoms with E-state index >= 15 is 8.78 Å². The van der Waals surface area contributed by atoms with Crippen molar-refractivity contribution in [2.45, 2.75) is 32.9 Å². The fourth-order valence-electron chi connectivity index (χ4n) is 5.35. The number of carbonyl (C=O) groups is 1. The molecule has 12 heteroatoms. The number of nitrogens with zero attached hydrogens (tertiary/aromatic N) is 4. The first-order valence-electron chi connectivity index (χ1n) is 13.7. The average Bonchev–Trinajstić information content (AvgIpc) is 3.51. The molecular weight excluding hydrogens is 597 g/mol. The smallest absolute Gasteiger partial charge is 0.335 e. The minimum absolute atomic E-state index is 0.0148. The summed E-state index contributed by atoms with van der Waals surface area (Å²) in [6, 6.07) is 12.3. The van der Waals surface area contributed by atoms with Crippen LogP contribution in [-0.2, 0) is 17.8 Å². The lowest BCUT2D eigenvalue weighted by atomic mass is 9.87. The van der Waals surface area contributed by atoms with Crippen molar-refractivity contribution in [3.63, 3.8) is 0 Å². The number of imidazole rings is 1. The molecule has 2 aromatic carbocycles. The van der Waals surface area contributed by atoms with Crippen LogP contribution in [0.25, 0.3) is 22.3 Å². The number of halogens is 4. The van der Waals surface area contributed by atoms with Gasteiger partial charge in [0.2, 0.25) is 5.88 Å². The molecule has 0 amide bonds. The number of aromatic nitrogens is 4. The Morgan fingerprint density at radius 2 is 1.91 bits per heavy atom. The van der Waals surface area contributed by atoms with Crippen LogP contribution in [0.1, 0.15) is 47.3 Å². The molecule has 6 rings (SSSR count). The van der Waals surface area contributed by atoms with E-state index in [2.05, 4.69) is 9.97 Å². The van der Waals surface area contributed by atoms with Gasteiger partial charge in [-0.25, -0.2) is 27.9 Å². The molecule has 0 saturated carbocycles. The molecule has 8 nitrogen and oxygen atoms in total. The van der Waals surface area contributed by atoms with E-state index < -0.39 is 23.4 Å². The van der Waals surface area contributed by atoms with Gasteiger partial charge in [0.1, 0.15) is 35.6 Å². The van der Waals surface area contributed by atoms with E-state index in [-0.39, 0.29) is 63.5 Å². The number of aromatic carboxylic acids is 1. The Bertz CT molecular complexity index is 1910. The predicted molar refractivity (Wildman–Crippen MR) is 156 cm³/mol. The van der Waals surface area contributed by atoms with Crippen molar-refractivity contribution in [3.8, 4) is 17.1 Å². The monoisotopic (exact) mass is 622 g/mol. The van der Waals surface area contributed by atoms with Crippen LogP contribution in [0, 0.1) is 22.9 Å². The molecular formula is C32H26ClF3N4O4. The molecule has 5 aromatic rings. The van der Waals surface area contributed by atoms with E-state index in [0.717, 1.165) is 18.2 Å². The first-order valence-corrected chi connectivity index (χ1v) is 14.1.